The molecule has 0 unspecified atom stereocenters. The summed E-state index contributed by atoms with van der Waals surface area (Å²) in [6.07, 6.45) is 0. The Kier molecular flexibility index (Phi) is 8.96. The van der Waals surface area contributed by atoms with Gasteiger partial charge < -0.3 is 28.8 Å². The number of hydrogen-bond acceptors (Lipinski definition) is 7. The lowest BCUT2D eigenvalue weighted by molar-refractivity contribution is 0.231. The van der Waals surface area contributed by atoms with E-state index >= 15 is 0 Å². The highest BCUT2D eigenvalue weighted by molar-refractivity contribution is 6.95. The molecule has 0 bridgehead atoms. The lowest BCUT2D eigenvalue weighted by Gasteiger charge is -2.49. The minimum absolute atomic E-state index is 0.989. The third-order valence-electron chi connectivity index (χ3n) is 5.74. The molecule has 0 radical (unpaired) electrons. The Morgan fingerprint density at radius 1 is 0.455 bits per heavy atom. The lowest BCUT2D eigenvalue weighted by Crippen LogP contribution is -2.65. The van der Waals surface area contributed by atoms with E-state index in [0.717, 1.165) is 24.2 Å². The molecule has 0 aliphatic carbocycles. The van der Waals surface area contributed by atoms with Gasteiger partial charge in [-0.3, -0.25) is 0 Å². The molecule has 2 aliphatic rings. The Morgan fingerprint density at radius 2 is 0.697 bits per heavy atom. The second-order valence-electron chi connectivity index (χ2n) is 13.1. The Balaban J connectivity index is 1.98. The molecule has 2 aliphatic heterocycles. The predicted molar refractivity (Wildman–Crippen MR) is 155 cm³/mol. The molecule has 0 aromatic rings. The molecule has 0 aromatic carbocycles. The molecule has 0 aromatic heterocycles. The smallest absolute Gasteiger partial charge is 0.317 e. The molecule has 2 fully saturated rings. The monoisotopic (exact) mass is 602 g/mol. The van der Waals surface area contributed by atoms with E-state index in [-0.39, 0.29) is 0 Å². The van der Waals surface area contributed by atoms with Crippen LogP contribution >= 0.6 is 0 Å². The molecular weight excluding hydrogens is 553 g/mol. The maximum Gasteiger partial charge on any atom is 0.317 e. The third-order valence-corrected chi connectivity index (χ3v) is 39.0. The fourth-order valence-electron chi connectivity index (χ4n) is 5.50. The first kappa shape index (κ1) is 30.7. The van der Waals surface area contributed by atoms with Crippen LogP contribution in [0.15, 0.2) is 0 Å². The zero-order valence-electron chi connectivity index (χ0n) is 23.7. The third kappa shape index (κ3) is 10.0. The summed E-state index contributed by atoms with van der Waals surface area (Å²) in [6.45, 7) is 31.1. The van der Waals surface area contributed by atoms with Crippen molar-refractivity contribution in [3.63, 3.8) is 0 Å². The largest absolute Gasteiger partial charge is 0.456 e. The summed E-state index contributed by atoms with van der Waals surface area (Å²) < 4.78 is 45.5. The van der Waals surface area contributed by atoms with E-state index in [1.165, 1.54) is 0 Å². The molecule has 0 amide bonds. The van der Waals surface area contributed by atoms with E-state index in [1.807, 2.05) is 0 Å². The van der Waals surface area contributed by atoms with Crippen LogP contribution < -0.4 is 0 Å². The zero-order chi connectivity index (χ0) is 25.8. The van der Waals surface area contributed by atoms with Crippen LogP contribution in [0.2, 0.25) is 116 Å². The lowest BCUT2D eigenvalue weighted by atomic mass is 10.9. The summed E-state index contributed by atoms with van der Waals surface area (Å²) >= 11 is 0. The van der Waals surface area contributed by atoms with Crippen LogP contribution in [-0.2, 0) is 28.8 Å². The van der Waals surface area contributed by atoms with Gasteiger partial charge in [0, 0.05) is 0 Å². The van der Waals surface area contributed by atoms with Gasteiger partial charge in [0.1, 0.15) is 0 Å². The Hall–Kier alpha value is 1.46. The average molecular weight is 603 g/mol. The van der Waals surface area contributed by atoms with Gasteiger partial charge in [0.2, 0.25) is 0 Å². The minimum Gasteiger partial charge on any atom is -0.456 e. The molecule has 2 rings (SSSR count). The zero-order valence-corrected chi connectivity index (χ0v) is 31.7. The van der Waals surface area contributed by atoms with Crippen molar-refractivity contribution in [2.24, 2.45) is 0 Å². The second-order valence-corrected chi connectivity index (χ2v) is 43.6. The summed E-state index contributed by atoms with van der Waals surface area (Å²) in [5.74, 6) is 0. The summed E-state index contributed by atoms with van der Waals surface area (Å²) in [7, 11) is -16.7. The maximum absolute atomic E-state index is 6.99. The Bertz CT molecular complexity index is 624. The first-order valence-electron chi connectivity index (χ1n) is 12.3. The molecule has 0 atom stereocenters. The summed E-state index contributed by atoms with van der Waals surface area (Å²) in [6, 6.07) is 4.11. The van der Waals surface area contributed by atoms with E-state index in [2.05, 4.69) is 91.7 Å². The molecule has 196 valence electrons. The van der Waals surface area contributed by atoms with Crippen molar-refractivity contribution in [2.45, 2.75) is 116 Å². The Morgan fingerprint density at radius 3 is 0.939 bits per heavy atom. The van der Waals surface area contributed by atoms with Gasteiger partial charge in [0.15, 0.2) is 16.6 Å². The van der Waals surface area contributed by atoms with Gasteiger partial charge in [0.05, 0.1) is 0 Å². The van der Waals surface area contributed by atoms with Gasteiger partial charge in [-0.1, -0.05) is 0 Å². The molecule has 33 heavy (non-hydrogen) atoms. The van der Waals surface area contributed by atoms with Gasteiger partial charge in [-0.15, -0.1) is 0 Å². The molecular formula is C18H50O7Si8. The fourth-order valence-corrected chi connectivity index (χ4v) is 51.7. The van der Waals surface area contributed by atoms with Gasteiger partial charge in [-0.2, -0.15) is 0 Å². The quantitative estimate of drug-likeness (QED) is 0.294. The standard InChI is InChI=1S/C18H50O7Si8/c1-26(2,15-17-32(13)22-28(5,6)20-29(7,8)23-32)19-27(3,4)16-18-33(14)24-30(9,10)21-31(11,12)25-33/h15-18H2,1-14H3. The van der Waals surface area contributed by atoms with Crippen LogP contribution in [0.1, 0.15) is 0 Å². The van der Waals surface area contributed by atoms with E-state index in [4.69, 9.17) is 28.8 Å². The van der Waals surface area contributed by atoms with Gasteiger partial charge >= 0.3 is 51.4 Å². The van der Waals surface area contributed by atoms with Gasteiger partial charge in [-0.25, -0.2) is 0 Å². The molecule has 2 saturated heterocycles. The molecule has 0 spiro atoms. The van der Waals surface area contributed by atoms with E-state index in [0.29, 0.717) is 0 Å². The van der Waals surface area contributed by atoms with Crippen LogP contribution in [-0.4, -0.2) is 68.0 Å². The molecule has 7 nitrogen and oxygen atoms in total. The van der Waals surface area contributed by atoms with Crippen LogP contribution in [0.4, 0.5) is 0 Å². The van der Waals surface area contributed by atoms with Crippen molar-refractivity contribution in [1.82, 2.24) is 0 Å². The molecule has 0 N–H and O–H groups in total. The molecule has 2 heterocycles. The van der Waals surface area contributed by atoms with Crippen molar-refractivity contribution in [3.05, 3.63) is 0 Å². The highest BCUT2D eigenvalue weighted by atomic mass is 28.5. The van der Waals surface area contributed by atoms with E-state index < -0.39 is 68.0 Å². The fraction of sp³-hybridized carbons (Fsp3) is 1.00. The average Bonchev–Trinajstić information content (AvgIpc) is 2.43. The Labute approximate surface area is 212 Å². The van der Waals surface area contributed by atoms with Crippen molar-refractivity contribution in [3.8, 4) is 0 Å². The highest BCUT2D eigenvalue weighted by Crippen LogP contribution is 2.38. The van der Waals surface area contributed by atoms with Gasteiger partial charge in [0.25, 0.3) is 0 Å². The topological polar surface area (TPSA) is 64.6 Å². The van der Waals surface area contributed by atoms with Crippen LogP contribution in [0, 0.1) is 0 Å². The van der Waals surface area contributed by atoms with Crippen LogP contribution in [0.3, 0.4) is 0 Å². The maximum atomic E-state index is 6.99. The minimum atomic E-state index is -2.25. The normalized spacial score (nSPS) is 27.8. The van der Waals surface area contributed by atoms with E-state index in [9.17, 15) is 0 Å². The highest BCUT2D eigenvalue weighted by Gasteiger charge is 2.54. The first-order valence-corrected chi connectivity index (χ1v) is 34.8. The number of hydrogen-bond donors (Lipinski definition) is 0. The summed E-state index contributed by atoms with van der Waals surface area (Å²) in [4.78, 5) is 0. The molecule has 15 heteroatoms. The number of rotatable bonds is 8. The van der Waals surface area contributed by atoms with Crippen molar-refractivity contribution >= 4 is 68.0 Å². The van der Waals surface area contributed by atoms with Crippen LogP contribution in [0.5, 0.6) is 0 Å². The predicted octanol–water partition coefficient (Wildman–Crippen LogP) is 6.49. The first-order chi connectivity index (χ1) is 14.4. The summed E-state index contributed by atoms with van der Waals surface area (Å²) in [5, 5.41) is 0. The SMILES string of the molecule is C[Si](C)(CC[Si]1(C)O[Si](C)(C)O[Si](C)(C)O1)O[Si](C)(C)CC[Si]1(C)O[Si](C)(C)O[Si](C)(C)O1. The molecule has 0 saturated carbocycles. The summed E-state index contributed by atoms with van der Waals surface area (Å²) in [5.41, 5.74) is 0. The van der Waals surface area contributed by atoms with Crippen molar-refractivity contribution < 1.29 is 28.8 Å². The van der Waals surface area contributed by atoms with E-state index in [1.54, 1.807) is 0 Å². The van der Waals surface area contributed by atoms with Crippen molar-refractivity contribution in [2.75, 3.05) is 0 Å². The van der Waals surface area contributed by atoms with Crippen LogP contribution in [0.25, 0.3) is 0 Å². The van der Waals surface area contributed by atoms with Crippen molar-refractivity contribution in [1.29, 1.82) is 0 Å². The second kappa shape index (κ2) is 9.64. The van der Waals surface area contributed by atoms with Gasteiger partial charge in [-0.05, 0) is 116 Å².